The van der Waals surface area contributed by atoms with Crippen molar-refractivity contribution in [1.29, 1.82) is 5.26 Å². The number of anilines is 1. The molecule has 32 heavy (non-hydrogen) atoms. The number of hydrogen-bond donors (Lipinski definition) is 2. The van der Waals surface area contributed by atoms with Gasteiger partial charge in [-0.3, -0.25) is 9.59 Å². The first-order valence-corrected chi connectivity index (χ1v) is 9.59. The maximum absolute atomic E-state index is 13.6. The van der Waals surface area contributed by atoms with Crippen LogP contribution in [0.3, 0.4) is 0 Å². The molecule has 1 atom stereocenters. The van der Waals surface area contributed by atoms with E-state index in [4.69, 9.17) is 5.26 Å². The third kappa shape index (κ3) is 5.29. The molecule has 6 nitrogen and oxygen atoms in total. The van der Waals surface area contributed by atoms with Crippen LogP contribution in [0.25, 0.3) is 0 Å². The van der Waals surface area contributed by atoms with Crippen LogP contribution >= 0.6 is 0 Å². The number of Topliss-reactive ketones (excluding diaryl/α,β-unsaturated/α-hetero) is 2. The molecule has 0 heterocycles. The maximum Gasteiger partial charge on any atom is 0.416 e. The lowest BCUT2D eigenvalue weighted by Gasteiger charge is -2.29. The van der Waals surface area contributed by atoms with Crippen molar-refractivity contribution < 1.29 is 31.9 Å². The molecule has 1 aliphatic carbocycles. The number of hydrogen-bond acceptors (Lipinski definition) is 4. The third-order valence-electron chi connectivity index (χ3n) is 5.04. The van der Waals surface area contributed by atoms with Crippen LogP contribution in [0.2, 0.25) is 0 Å². The Morgan fingerprint density at radius 2 is 1.69 bits per heavy atom. The predicted octanol–water partition coefficient (Wildman–Crippen LogP) is 4.52. The fourth-order valence-electron chi connectivity index (χ4n) is 3.56. The summed E-state index contributed by atoms with van der Waals surface area (Å²) < 4.78 is 52.4. The van der Waals surface area contributed by atoms with Crippen LogP contribution in [0.4, 0.5) is 28.0 Å². The van der Waals surface area contributed by atoms with Crippen molar-refractivity contribution in [3.05, 3.63) is 65.0 Å². The van der Waals surface area contributed by atoms with E-state index in [-0.39, 0.29) is 24.4 Å². The van der Waals surface area contributed by atoms with E-state index < -0.39 is 41.2 Å². The molecule has 10 heteroatoms. The first-order valence-electron chi connectivity index (χ1n) is 9.59. The monoisotopic (exact) mass is 447 g/mol. The van der Waals surface area contributed by atoms with E-state index in [1.165, 1.54) is 24.3 Å². The zero-order chi connectivity index (χ0) is 23.5. The zero-order valence-electron chi connectivity index (χ0n) is 16.5. The van der Waals surface area contributed by atoms with E-state index in [0.717, 1.165) is 0 Å². The Balaban J connectivity index is 1.88. The summed E-state index contributed by atoms with van der Waals surface area (Å²) >= 11 is 0. The SMILES string of the molecule is N#Cc1ccc(C(NC(=O)Nc2cc(F)cc(C(F)(F)F)c2)C2C(=O)CCCC2=O)cc1. The average Bonchev–Trinajstić information content (AvgIpc) is 2.72. The van der Waals surface area contributed by atoms with E-state index in [9.17, 15) is 31.9 Å². The summed E-state index contributed by atoms with van der Waals surface area (Å²) in [6.45, 7) is 0. The molecule has 0 aromatic heterocycles. The Labute approximate surface area is 180 Å². The van der Waals surface area contributed by atoms with Gasteiger partial charge in [-0.15, -0.1) is 0 Å². The number of carbonyl (C=O) groups excluding carboxylic acids is 3. The van der Waals surface area contributed by atoms with E-state index >= 15 is 0 Å². The van der Waals surface area contributed by atoms with Gasteiger partial charge < -0.3 is 10.6 Å². The van der Waals surface area contributed by atoms with Gasteiger partial charge in [0.05, 0.1) is 23.2 Å². The van der Waals surface area contributed by atoms with Crippen LogP contribution in [0.15, 0.2) is 42.5 Å². The number of halogens is 4. The topological polar surface area (TPSA) is 99.1 Å². The normalized spacial score (nSPS) is 15.7. The molecule has 1 unspecified atom stereocenters. The number of amides is 2. The third-order valence-corrected chi connectivity index (χ3v) is 5.04. The summed E-state index contributed by atoms with van der Waals surface area (Å²) in [5.74, 6) is -3.13. The van der Waals surface area contributed by atoms with E-state index in [1.54, 1.807) is 0 Å². The van der Waals surface area contributed by atoms with E-state index in [2.05, 4.69) is 10.6 Å². The zero-order valence-corrected chi connectivity index (χ0v) is 16.5. The van der Waals surface area contributed by atoms with Gasteiger partial charge in [-0.05, 0) is 42.3 Å². The van der Waals surface area contributed by atoms with Gasteiger partial charge in [0.25, 0.3) is 0 Å². The molecule has 1 fully saturated rings. The Bertz CT molecular complexity index is 1080. The van der Waals surface area contributed by atoms with Gasteiger partial charge >= 0.3 is 12.2 Å². The second-order valence-corrected chi connectivity index (χ2v) is 7.30. The fourth-order valence-corrected chi connectivity index (χ4v) is 3.56. The van der Waals surface area contributed by atoms with Gasteiger partial charge in [-0.2, -0.15) is 18.4 Å². The molecule has 3 rings (SSSR count). The second-order valence-electron chi connectivity index (χ2n) is 7.30. The Kier molecular flexibility index (Phi) is 6.58. The minimum atomic E-state index is -4.82. The van der Waals surface area contributed by atoms with Gasteiger partial charge in [0.2, 0.25) is 0 Å². The van der Waals surface area contributed by atoms with Gasteiger partial charge in [0.1, 0.15) is 23.3 Å². The number of rotatable bonds is 4. The lowest BCUT2D eigenvalue weighted by atomic mass is 9.79. The highest BCUT2D eigenvalue weighted by atomic mass is 19.4. The minimum Gasteiger partial charge on any atom is -0.330 e. The lowest BCUT2D eigenvalue weighted by molar-refractivity contribution is -0.138. The molecule has 2 amide bonds. The van der Waals surface area contributed by atoms with Gasteiger partial charge in [-0.1, -0.05) is 12.1 Å². The Morgan fingerprint density at radius 1 is 1.06 bits per heavy atom. The summed E-state index contributed by atoms with van der Waals surface area (Å²) in [6, 6.07) is 7.20. The highest BCUT2D eigenvalue weighted by molar-refractivity contribution is 6.05. The summed E-state index contributed by atoms with van der Waals surface area (Å²) in [4.78, 5) is 37.5. The van der Waals surface area contributed by atoms with E-state index in [0.29, 0.717) is 35.7 Å². The molecule has 0 bridgehead atoms. The van der Waals surface area contributed by atoms with E-state index in [1.807, 2.05) is 6.07 Å². The predicted molar refractivity (Wildman–Crippen MR) is 105 cm³/mol. The maximum atomic E-state index is 13.6. The number of urea groups is 1. The van der Waals surface area contributed by atoms with Crippen molar-refractivity contribution in [2.75, 3.05) is 5.32 Å². The smallest absolute Gasteiger partial charge is 0.330 e. The van der Waals surface area contributed by atoms with Crippen LogP contribution in [-0.4, -0.2) is 17.6 Å². The van der Waals surface area contributed by atoms with Gasteiger partial charge in [-0.25, -0.2) is 9.18 Å². The van der Waals surface area contributed by atoms with Crippen LogP contribution in [0, 0.1) is 23.1 Å². The van der Waals surface area contributed by atoms with Crippen molar-refractivity contribution in [2.45, 2.75) is 31.5 Å². The molecular weight excluding hydrogens is 430 g/mol. The number of nitrogens with one attached hydrogen (secondary N) is 2. The van der Waals surface area contributed by atoms with Crippen molar-refractivity contribution in [3.8, 4) is 6.07 Å². The molecule has 2 aromatic rings. The lowest BCUT2D eigenvalue weighted by Crippen LogP contribution is -2.43. The first-order chi connectivity index (χ1) is 15.1. The van der Waals surface area contributed by atoms with Gasteiger partial charge in [0.15, 0.2) is 0 Å². The fraction of sp³-hybridized carbons (Fsp3) is 0.273. The number of benzene rings is 2. The molecule has 1 saturated carbocycles. The van der Waals surface area contributed by atoms with Crippen LogP contribution in [0.5, 0.6) is 0 Å². The van der Waals surface area contributed by atoms with Crippen molar-refractivity contribution in [2.24, 2.45) is 5.92 Å². The molecule has 166 valence electrons. The van der Waals surface area contributed by atoms with Crippen LogP contribution < -0.4 is 10.6 Å². The Morgan fingerprint density at radius 3 is 2.25 bits per heavy atom. The largest absolute Gasteiger partial charge is 0.416 e. The first kappa shape index (κ1) is 22.9. The van der Waals surface area contributed by atoms with Crippen molar-refractivity contribution in [3.63, 3.8) is 0 Å². The van der Waals surface area contributed by atoms with Gasteiger partial charge in [0, 0.05) is 18.5 Å². The highest BCUT2D eigenvalue weighted by Crippen LogP contribution is 2.33. The summed E-state index contributed by atoms with van der Waals surface area (Å²) in [5, 5.41) is 13.5. The van der Waals surface area contributed by atoms with Crippen molar-refractivity contribution in [1.82, 2.24) is 5.32 Å². The standard InChI is InChI=1S/C22H17F4N3O3/c23-15-8-14(22(24,25)26)9-16(10-15)28-21(32)29-20(13-6-4-12(11-27)5-7-13)19-17(30)2-1-3-18(19)31/h4-10,19-20H,1-3H2,(H2,28,29,32). The molecule has 0 aliphatic heterocycles. The molecule has 2 aromatic carbocycles. The summed E-state index contributed by atoms with van der Waals surface area (Å²) in [7, 11) is 0. The van der Waals surface area contributed by atoms with Crippen LogP contribution in [-0.2, 0) is 15.8 Å². The molecule has 0 radical (unpaired) electrons. The molecule has 2 N–H and O–H groups in total. The summed E-state index contributed by atoms with van der Waals surface area (Å²) in [5.41, 5.74) is -1.05. The summed E-state index contributed by atoms with van der Waals surface area (Å²) in [6.07, 6.45) is -4.14. The molecule has 0 saturated heterocycles. The Hall–Kier alpha value is -3.74. The molecular formula is C22H17F4N3O3. The van der Waals surface area contributed by atoms with Crippen LogP contribution in [0.1, 0.15) is 42.0 Å². The average molecular weight is 447 g/mol. The van der Waals surface area contributed by atoms with Crippen molar-refractivity contribution >= 4 is 23.3 Å². The molecule has 0 spiro atoms. The quantitative estimate of drug-likeness (QED) is 0.532. The highest BCUT2D eigenvalue weighted by Gasteiger charge is 2.38. The number of alkyl halides is 3. The number of carbonyl (C=O) groups is 3. The number of ketones is 2. The number of nitriles is 1. The molecule has 1 aliphatic rings. The minimum absolute atomic E-state index is 0.144. The number of nitrogens with zero attached hydrogens (tertiary/aromatic N) is 1. The second kappa shape index (κ2) is 9.18.